The van der Waals surface area contributed by atoms with Crippen LogP contribution in [0.3, 0.4) is 0 Å². The van der Waals surface area contributed by atoms with Crippen molar-refractivity contribution in [3.05, 3.63) is 23.6 Å². The Morgan fingerprint density at radius 1 is 1.42 bits per heavy atom. The van der Waals surface area contributed by atoms with Crippen LogP contribution in [0.15, 0.2) is 12.3 Å². The average Bonchev–Trinajstić information content (AvgIpc) is 2.46. The Balaban J connectivity index is 1.91. The number of aromatic nitrogens is 1. The van der Waals surface area contributed by atoms with Crippen LogP contribution in [0.5, 0.6) is 0 Å². The Hall–Kier alpha value is -1.20. The first-order valence-corrected chi connectivity index (χ1v) is 6.93. The summed E-state index contributed by atoms with van der Waals surface area (Å²) in [5.41, 5.74) is 0.561. The summed E-state index contributed by atoms with van der Waals surface area (Å²) in [4.78, 5) is 6.39. The summed E-state index contributed by atoms with van der Waals surface area (Å²) in [6.07, 6.45) is 6.03. The van der Waals surface area contributed by atoms with Crippen LogP contribution in [-0.2, 0) is 11.3 Å². The lowest BCUT2D eigenvalue weighted by atomic mass is 9.90. The minimum atomic E-state index is -0.402. The van der Waals surface area contributed by atoms with Gasteiger partial charge in [-0.3, -0.25) is 0 Å². The zero-order valence-electron chi connectivity index (χ0n) is 10.9. The van der Waals surface area contributed by atoms with E-state index >= 15 is 0 Å². The molecule has 1 aliphatic carbocycles. The van der Waals surface area contributed by atoms with Crippen LogP contribution in [0, 0.1) is 5.82 Å². The van der Waals surface area contributed by atoms with Crippen molar-refractivity contribution in [1.82, 2.24) is 4.98 Å². The van der Waals surface area contributed by atoms with Crippen molar-refractivity contribution in [3.63, 3.8) is 0 Å². The fraction of sp³-hybridized carbons (Fsp3) is 0.643. The Labute approximate surface area is 112 Å². The fourth-order valence-corrected chi connectivity index (χ4v) is 3.21. The van der Waals surface area contributed by atoms with Gasteiger partial charge in [-0.05, 0) is 18.9 Å². The number of aliphatic hydroxyl groups excluding tert-OH is 1. The van der Waals surface area contributed by atoms with Gasteiger partial charge in [-0.25, -0.2) is 9.37 Å². The summed E-state index contributed by atoms with van der Waals surface area (Å²) in [7, 11) is 0. The minimum Gasteiger partial charge on any atom is -0.392 e. The molecule has 2 aliphatic rings. The largest absolute Gasteiger partial charge is 0.392 e. The summed E-state index contributed by atoms with van der Waals surface area (Å²) < 4.78 is 19.0. The molecule has 1 saturated heterocycles. The van der Waals surface area contributed by atoms with Crippen molar-refractivity contribution < 1.29 is 14.2 Å². The molecule has 0 radical (unpaired) electrons. The second-order valence-electron chi connectivity index (χ2n) is 5.25. The third-order valence-corrected chi connectivity index (χ3v) is 4.08. The van der Waals surface area contributed by atoms with E-state index in [4.69, 9.17) is 4.74 Å². The van der Waals surface area contributed by atoms with Crippen molar-refractivity contribution in [2.75, 3.05) is 18.1 Å². The molecule has 0 aromatic carbocycles. The number of halogens is 1. The molecule has 1 saturated carbocycles. The number of anilines is 1. The molecule has 2 heterocycles. The first-order chi connectivity index (χ1) is 9.29. The van der Waals surface area contributed by atoms with Crippen molar-refractivity contribution >= 4 is 5.82 Å². The van der Waals surface area contributed by atoms with E-state index in [1.54, 1.807) is 0 Å². The predicted octanol–water partition coefficient (Wildman–Crippen LogP) is 1.86. The molecule has 2 unspecified atom stereocenters. The van der Waals surface area contributed by atoms with Gasteiger partial charge in [-0.15, -0.1) is 0 Å². The predicted molar refractivity (Wildman–Crippen MR) is 69.5 cm³/mol. The zero-order valence-corrected chi connectivity index (χ0v) is 10.9. The van der Waals surface area contributed by atoms with Crippen LogP contribution in [0.25, 0.3) is 0 Å². The van der Waals surface area contributed by atoms with Gasteiger partial charge in [0.2, 0.25) is 0 Å². The molecule has 0 bridgehead atoms. The van der Waals surface area contributed by atoms with Crippen molar-refractivity contribution in [2.45, 2.75) is 44.4 Å². The van der Waals surface area contributed by atoms with E-state index in [1.807, 2.05) is 0 Å². The summed E-state index contributed by atoms with van der Waals surface area (Å²) >= 11 is 0. The van der Waals surface area contributed by atoms with E-state index in [9.17, 15) is 9.50 Å². The van der Waals surface area contributed by atoms with Crippen molar-refractivity contribution in [3.8, 4) is 0 Å². The second kappa shape index (κ2) is 5.43. The summed E-state index contributed by atoms with van der Waals surface area (Å²) in [5.74, 6) is 0.311. The maximum atomic E-state index is 13.2. The van der Waals surface area contributed by atoms with Gasteiger partial charge in [0.15, 0.2) is 0 Å². The Kier molecular flexibility index (Phi) is 3.66. The van der Waals surface area contributed by atoms with Crippen LogP contribution in [0.4, 0.5) is 10.2 Å². The van der Waals surface area contributed by atoms with Crippen LogP contribution < -0.4 is 4.90 Å². The normalized spacial score (nSPS) is 27.2. The average molecular weight is 266 g/mol. The molecule has 2 fully saturated rings. The summed E-state index contributed by atoms with van der Waals surface area (Å²) in [6, 6.07) is 1.68. The molecular formula is C14H19FN2O2. The first-order valence-electron chi connectivity index (χ1n) is 6.93. The molecule has 19 heavy (non-hydrogen) atoms. The number of rotatable bonds is 2. The molecule has 2 atom stereocenters. The minimum absolute atomic E-state index is 0.186. The third-order valence-electron chi connectivity index (χ3n) is 4.08. The molecule has 1 aromatic heterocycles. The molecular weight excluding hydrogens is 247 g/mol. The van der Waals surface area contributed by atoms with Gasteiger partial charge in [0.05, 0.1) is 31.6 Å². The van der Waals surface area contributed by atoms with Gasteiger partial charge >= 0.3 is 0 Å². The van der Waals surface area contributed by atoms with E-state index in [2.05, 4.69) is 9.88 Å². The Morgan fingerprint density at radius 2 is 2.26 bits per heavy atom. The molecule has 3 rings (SSSR count). The number of hydrogen-bond acceptors (Lipinski definition) is 4. The van der Waals surface area contributed by atoms with Gasteiger partial charge < -0.3 is 14.7 Å². The van der Waals surface area contributed by atoms with Gasteiger partial charge in [-0.1, -0.05) is 12.8 Å². The number of nitrogens with zero attached hydrogens (tertiary/aromatic N) is 2. The number of ether oxygens (including phenoxy) is 1. The van der Waals surface area contributed by atoms with Crippen molar-refractivity contribution in [2.24, 2.45) is 0 Å². The van der Waals surface area contributed by atoms with E-state index in [0.29, 0.717) is 24.0 Å². The molecule has 0 spiro atoms. The van der Waals surface area contributed by atoms with Crippen LogP contribution >= 0.6 is 0 Å². The molecule has 104 valence electrons. The smallest absolute Gasteiger partial charge is 0.142 e. The lowest BCUT2D eigenvalue weighted by molar-refractivity contribution is -0.00913. The monoisotopic (exact) mass is 266 g/mol. The Bertz CT molecular complexity index is 453. The van der Waals surface area contributed by atoms with E-state index < -0.39 is 5.82 Å². The maximum absolute atomic E-state index is 13.2. The number of pyridine rings is 1. The van der Waals surface area contributed by atoms with Crippen LogP contribution in [0.2, 0.25) is 0 Å². The van der Waals surface area contributed by atoms with Crippen LogP contribution in [0.1, 0.15) is 31.2 Å². The second-order valence-corrected chi connectivity index (χ2v) is 5.25. The molecule has 4 nitrogen and oxygen atoms in total. The number of morpholine rings is 1. The highest BCUT2D eigenvalue weighted by Gasteiger charge is 2.35. The summed E-state index contributed by atoms with van der Waals surface area (Å²) in [5, 5.41) is 9.40. The van der Waals surface area contributed by atoms with E-state index in [0.717, 1.165) is 19.4 Å². The maximum Gasteiger partial charge on any atom is 0.142 e. The molecule has 1 aliphatic heterocycles. The summed E-state index contributed by atoms with van der Waals surface area (Å²) in [6.45, 7) is 1.24. The highest BCUT2D eigenvalue weighted by molar-refractivity contribution is 5.48. The molecule has 5 heteroatoms. The Morgan fingerprint density at radius 3 is 3.11 bits per heavy atom. The first kappa shape index (κ1) is 12.8. The van der Waals surface area contributed by atoms with Gasteiger partial charge in [-0.2, -0.15) is 0 Å². The highest BCUT2D eigenvalue weighted by atomic mass is 19.1. The number of aliphatic hydroxyl groups is 1. The SMILES string of the molecule is OCc1cc(F)cnc1N1CCOC2CCCCC21. The lowest BCUT2D eigenvalue weighted by Crippen LogP contribution is -2.53. The topological polar surface area (TPSA) is 45.6 Å². The van der Waals surface area contributed by atoms with Gasteiger partial charge in [0.25, 0.3) is 0 Å². The van der Waals surface area contributed by atoms with Gasteiger partial charge in [0.1, 0.15) is 11.6 Å². The standard InChI is InChI=1S/C14H19FN2O2/c15-11-7-10(9-18)14(16-8-11)17-5-6-19-13-4-2-1-3-12(13)17/h7-8,12-13,18H,1-6,9H2. The van der Waals surface area contributed by atoms with Gasteiger partial charge in [0, 0.05) is 12.1 Å². The third kappa shape index (κ3) is 2.44. The number of hydrogen-bond donors (Lipinski definition) is 1. The highest BCUT2D eigenvalue weighted by Crippen LogP contribution is 2.32. The molecule has 1 aromatic rings. The zero-order chi connectivity index (χ0) is 13.2. The van der Waals surface area contributed by atoms with E-state index in [1.165, 1.54) is 25.1 Å². The number of fused-ring (bicyclic) bond motifs is 1. The van der Waals surface area contributed by atoms with Crippen molar-refractivity contribution in [1.29, 1.82) is 0 Å². The lowest BCUT2D eigenvalue weighted by Gasteiger charge is -2.44. The molecule has 0 amide bonds. The quantitative estimate of drug-likeness (QED) is 0.887. The molecule has 1 N–H and O–H groups in total. The fourth-order valence-electron chi connectivity index (χ4n) is 3.21. The van der Waals surface area contributed by atoms with E-state index in [-0.39, 0.29) is 12.7 Å². The van der Waals surface area contributed by atoms with Crippen LogP contribution in [-0.4, -0.2) is 35.4 Å².